The molecule has 10 nitrogen and oxygen atoms in total. The third-order valence-corrected chi connectivity index (χ3v) is 4.85. The van der Waals surface area contributed by atoms with E-state index < -0.39 is 4.92 Å². The molecular weight excluding hydrogens is 440 g/mol. The largest absolute Gasteiger partial charge is 0.494 e. The van der Waals surface area contributed by atoms with Gasteiger partial charge in [-0.15, -0.1) is 0 Å². The fourth-order valence-corrected chi connectivity index (χ4v) is 3.18. The third kappa shape index (κ3) is 6.00. The average Bonchev–Trinajstić information content (AvgIpc) is 2.85. The molecule has 0 radical (unpaired) electrons. The summed E-state index contributed by atoms with van der Waals surface area (Å²) in [5.41, 5.74) is 1.48. The first kappa shape index (κ1) is 24.1. The highest BCUT2D eigenvalue weighted by Gasteiger charge is 2.17. The molecule has 10 heteroatoms. The lowest BCUT2D eigenvalue weighted by atomic mass is 10.2. The molecular formula is C24H24N4O6. The lowest BCUT2D eigenvalue weighted by Crippen LogP contribution is -2.17. The third-order valence-electron chi connectivity index (χ3n) is 4.85. The van der Waals surface area contributed by atoms with Gasteiger partial charge in [-0.3, -0.25) is 19.7 Å². The number of methoxy groups -OCH3 is 2. The topological polar surface area (TPSA) is 132 Å². The Morgan fingerprint density at radius 3 is 2.06 bits per heavy atom. The maximum Gasteiger partial charge on any atom is 0.292 e. The zero-order valence-electron chi connectivity index (χ0n) is 18.7. The summed E-state index contributed by atoms with van der Waals surface area (Å²) < 4.78 is 10.8. The summed E-state index contributed by atoms with van der Waals surface area (Å²) in [6, 6.07) is 18.0. The van der Waals surface area contributed by atoms with E-state index in [9.17, 15) is 19.7 Å². The minimum absolute atomic E-state index is 0.0456. The van der Waals surface area contributed by atoms with Gasteiger partial charge in [0.2, 0.25) is 5.91 Å². The van der Waals surface area contributed by atoms with Crippen molar-refractivity contribution < 1.29 is 24.0 Å². The highest BCUT2D eigenvalue weighted by Crippen LogP contribution is 2.36. The lowest BCUT2D eigenvalue weighted by Gasteiger charge is -2.16. The molecule has 0 aliphatic heterocycles. The summed E-state index contributed by atoms with van der Waals surface area (Å²) in [5, 5.41) is 19.5. The number of carbonyl (C=O) groups is 2. The van der Waals surface area contributed by atoms with Crippen LogP contribution in [-0.2, 0) is 4.79 Å². The van der Waals surface area contributed by atoms with E-state index in [1.54, 1.807) is 54.6 Å². The predicted molar refractivity (Wildman–Crippen MR) is 129 cm³/mol. The van der Waals surface area contributed by atoms with Crippen LogP contribution in [0.5, 0.6) is 11.5 Å². The number of ether oxygens (including phenoxy) is 2. The molecule has 0 aliphatic rings. The number of para-hydroxylation sites is 2. The van der Waals surface area contributed by atoms with Crippen molar-refractivity contribution in [3.05, 3.63) is 82.4 Å². The standard InChI is InChI=1S/C24H24N4O6/c1-33-21-15-19(27-24(30)16-8-4-3-5-9-16)22(34-2)14-18(21)26-23(29)12-13-25-17-10-6-7-11-20(17)28(31)32/h3-11,14-15,25H,12-13H2,1-2H3,(H,26,29)(H,27,30). The van der Waals surface area contributed by atoms with E-state index in [0.717, 1.165) is 0 Å². The predicted octanol–water partition coefficient (Wildman–Crippen LogP) is 4.31. The molecule has 3 aromatic carbocycles. The number of nitrogens with one attached hydrogen (secondary N) is 3. The van der Waals surface area contributed by atoms with Crippen LogP contribution < -0.4 is 25.4 Å². The first-order valence-corrected chi connectivity index (χ1v) is 10.3. The summed E-state index contributed by atoms with van der Waals surface area (Å²) in [6.07, 6.45) is 0.0456. The Hall–Kier alpha value is -4.60. The molecule has 0 bridgehead atoms. The number of rotatable bonds is 10. The Kier molecular flexibility index (Phi) is 8.01. The highest BCUT2D eigenvalue weighted by atomic mass is 16.6. The zero-order valence-corrected chi connectivity index (χ0v) is 18.7. The second-order valence-electron chi connectivity index (χ2n) is 7.07. The smallest absolute Gasteiger partial charge is 0.292 e. The first-order valence-electron chi connectivity index (χ1n) is 10.3. The molecule has 0 unspecified atom stereocenters. The van der Waals surface area contributed by atoms with Gasteiger partial charge < -0.3 is 25.4 Å². The number of nitro groups is 1. The van der Waals surface area contributed by atoms with Crippen molar-refractivity contribution in [1.29, 1.82) is 0 Å². The Labute approximate surface area is 196 Å². The maximum absolute atomic E-state index is 12.5. The van der Waals surface area contributed by atoms with E-state index >= 15 is 0 Å². The number of benzene rings is 3. The van der Waals surface area contributed by atoms with Crippen molar-refractivity contribution in [2.24, 2.45) is 0 Å². The number of anilines is 3. The molecule has 0 saturated heterocycles. The number of hydrogen-bond acceptors (Lipinski definition) is 7. The highest BCUT2D eigenvalue weighted by molar-refractivity contribution is 6.05. The van der Waals surface area contributed by atoms with Gasteiger partial charge in [0, 0.05) is 36.7 Å². The van der Waals surface area contributed by atoms with Crippen LogP contribution in [0.4, 0.5) is 22.7 Å². The van der Waals surface area contributed by atoms with Crippen molar-refractivity contribution in [3.63, 3.8) is 0 Å². The molecule has 3 N–H and O–H groups in total. The van der Waals surface area contributed by atoms with E-state index in [1.807, 2.05) is 6.07 Å². The Bertz CT molecular complexity index is 1180. The van der Waals surface area contributed by atoms with Gasteiger partial charge in [0.1, 0.15) is 17.2 Å². The fourth-order valence-electron chi connectivity index (χ4n) is 3.18. The molecule has 0 spiro atoms. The van der Waals surface area contributed by atoms with Crippen molar-refractivity contribution >= 4 is 34.6 Å². The first-order chi connectivity index (χ1) is 16.4. The summed E-state index contributed by atoms with van der Waals surface area (Å²) in [5.74, 6) is -0.00564. The molecule has 3 rings (SSSR count). The Balaban J connectivity index is 1.67. The van der Waals surface area contributed by atoms with Crippen LogP contribution in [0.15, 0.2) is 66.7 Å². The van der Waals surface area contributed by atoms with Crippen LogP contribution >= 0.6 is 0 Å². The Morgan fingerprint density at radius 1 is 0.853 bits per heavy atom. The minimum atomic E-state index is -0.488. The average molecular weight is 464 g/mol. The Morgan fingerprint density at radius 2 is 1.44 bits per heavy atom. The van der Waals surface area contributed by atoms with Crippen LogP contribution in [0.25, 0.3) is 0 Å². The molecule has 34 heavy (non-hydrogen) atoms. The van der Waals surface area contributed by atoms with Crippen molar-refractivity contribution in [3.8, 4) is 11.5 Å². The number of hydrogen-bond donors (Lipinski definition) is 3. The second-order valence-corrected chi connectivity index (χ2v) is 7.07. The van der Waals surface area contributed by atoms with Crippen LogP contribution in [-0.4, -0.2) is 37.5 Å². The number of amides is 2. The summed E-state index contributed by atoms with van der Waals surface area (Å²) in [6.45, 7) is 0.182. The van der Waals surface area contributed by atoms with Gasteiger partial charge in [-0.2, -0.15) is 0 Å². The number of carbonyl (C=O) groups excluding carboxylic acids is 2. The molecule has 2 amide bonds. The van der Waals surface area contributed by atoms with Crippen LogP contribution in [0.1, 0.15) is 16.8 Å². The quantitative estimate of drug-likeness (QED) is 0.301. The van der Waals surface area contributed by atoms with E-state index in [2.05, 4.69) is 16.0 Å². The monoisotopic (exact) mass is 464 g/mol. The number of nitrogens with zero attached hydrogens (tertiary/aromatic N) is 1. The van der Waals surface area contributed by atoms with Crippen molar-refractivity contribution in [2.75, 3.05) is 36.7 Å². The van der Waals surface area contributed by atoms with Crippen molar-refractivity contribution in [2.45, 2.75) is 6.42 Å². The SMILES string of the molecule is COc1cc(NC(=O)c2ccccc2)c(OC)cc1NC(=O)CCNc1ccccc1[N+](=O)[O-]. The lowest BCUT2D eigenvalue weighted by molar-refractivity contribution is -0.384. The fraction of sp³-hybridized carbons (Fsp3) is 0.167. The van der Waals surface area contributed by atoms with Gasteiger partial charge in [0.15, 0.2) is 0 Å². The van der Waals surface area contributed by atoms with Gasteiger partial charge in [-0.1, -0.05) is 30.3 Å². The van der Waals surface area contributed by atoms with Crippen molar-refractivity contribution in [1.82, 2.24) is 0 Å². The van der Waals surface area contributed by atoms with Gasteiger partial charge in [0.25, 0.3) is 11.6 Å². The normalized spacial score (nSPS) is 10.2. The molecule has 0 aromatic heterocycles. The maximum atomic E-state index is 12.5. The molecule has 0 aliphatic carbocycles. The molecule has 0 heterocycles. The second kappa shape index (κ2) is 11.3. The van der Waals surface area contributed by atoms with E-state index in [0.29, 0.717) is 34.1 Å². The van der Waals surface area contributed by atoms with Crippen LogP contribution in [0.3, 0.4) is 0 Å². The number of nitro benzene ring substituents is 1. The zero-order chi connectivity index (χ0) is 24.5. The van der Waals surface area contributed by atoms with E-state index in [4.69, 9.17) is 9.47 Å². The van der Waals surface area contributed by atoms with Crippen LogP contribution in [0, 0.1) is 10.1 Å². The molecule has 176 valence electrons. The molecule has 0 saturated carbocycles. The molecule has 0 fully saturated rings. The molecule has 3 aromatic rings. The minimum Gasteiger partial charge on any atom is -0.494 e. The van der Waals surface area contributed by atoms with E-state index in [1.165, 1.54) is 20.3 Å². The van der Waals surface area contributed by atoms with Gasteiger partial charge in [0.05, 0.1) is 30.5 Å². The summed E-state index contributed by atoms with van der Waals surface area (Å²) in [7, 11) is 2.89. The van der Waals surface area contributed by atoms with Crippen LogP contribution in [0.2, 0.25) is 0 Å². The van der Waals surface area contributed by atoms with Gasteiger partial charge in [-0.05, 0) is 18.2 Å². The van der Waals surface area contributed by atoms with E-state index in [-0.39, 0.29) is 30.5 Å². The van der Waals surface area contributed by atoms with Gasteiger partial charge in [-0.25, -0.2) is 0 Å². The summed E-state index contributed by atoms with van der Waals surface area (Å²) in [4.78, 5) is 35.6. The summed E-state index contributed by atoms with van der Waals surface area (Å²) >= 11 is 0. The van der Waals surface area contributed by atoms with Gasteiger partial charge >= 0.3 is 0 Å². The molecule has 0 atom stereocenters.